The fourth-order valence-corrected chi connectivity index (χ4v) is 2.71. The largest absolute Gasteiger partial charge is 0.508 e. The molecule has 0 aromatic heterocycles. The molecular weight excluding hydrogens is 246 g/mol. The Morgan fingerprint density at radius 3 is 2.74 bits per heavy atom. The van der Waals surface area contributed by atoms with Gasteiger partial charge in [0.15, 0.2) is 0 Å². The number of rotatable bonds is 3. The number of hydrogen-bond donors (Lipinski definition) is 2. The van der Waals surface area contributed by atoms with E-state index in [1.54, 1.807) is 19.1 Å². The molecular formula is C14H17NO4. The van der Waals surface area contributed by atoms with Crippen molar-refractivity contribution in [3.05, 3.63) is 29.8 Å². The zero-order valence-electron chi connectivity index (χ0n) is 10.8. The number of nitrogens with zero attached hydrogens (tertiary/aromatic N) is 1. The highest BCUT2D eigenvalue weighted by molar-refractivity contribution is 5.98. The molecule has 1 saturated heterocycles. The predicted octanol–water partition coefficient (Wildman–Crippen LogP) is 1.86. The van der Waals surface area contributed by atoms with Crippen molar-refractivity contribution in [2.45, 2.75) is 31.7 Å². The van der Waals surface area contributed by atoms with Crippen LogP contribution >= 0.6 is 0 Å². The molecule has 1 aliphatic heterocycles. The molecule has 1 aliphatic rings. The Morgan fingerprint density at radius 1 is 1.42 bits per heavy atom. The van der Waals surface area contributed by atoms with Crippen LogP contribution in [0.25, 0.3) is 0 Å². The first-order valence-electron chi connectivity index (χ1n) is 6.35. The lowest BCUT2D eigenvalue weighted by atomic mass is 9.92. The quantitative estimate of drug-likeness (QED) is 0.872. The first-order valence-corrected chi connectivity index (χ1v) is 6.35. The molecule has 0 bridgehead atoms. The maximum atomic E-state index is 12.4. The molecule has 0 saturated carbocycles. The molecule has 1 unspecified atom stereocenters. The first kappa shape index (κ1) is 13.4. The summed E-state index contributed by atoms with van der Waals surface area (Å²) in [5.41, 5.74) is -0.788. The zero-order chi connectivity index (χ0) is 14.0. The van der Waals surface area contributed by atoms with Gasteiger partial charge in [-0.1, -0.05) is 13.0 Å². The van der Waals surface area contributed by atoms with Gasteiger partial charge < -0.3 is 15.1 Å². The standard InChI is InChI=1S/C14H17NO4/c1-2-14(13(18)19)7-4-8-15(14)12(17)10-5-3-6-11(16)9-10/h3,5-6,9,16H,2,4,7-8H2,1H3,(H,18,19). The van der Waals surface area contributed by atoms with E-state index in [0.717, 1.165) is 0 Å². The van der Waals surface area contributed by atoms with Gasteiger partial charge in [0.1, 0.15) is 11.3 Å². The third kappa shape index (κ3) is 2.16. The molecule has 1 aromatic carbocycles. The molecule has 1 amide bonds. The number of carboxylic acids is 1. The Balaban J connectivity index is 2.35. The molecule has 0 spiro atoms. The van der Waals surface area contributed by atoms with Gasteiger partial charge in [0.05, 0.1) is 0 Å². The average Bonchev–Trinajstić information content (AvgIpc) is 2.82. The molecule has 0 aliphatic carbocycles. The fourth-order valence-electron chi connectivity index (χ4n) is 2.71. The molecule has 5 heteroatoms. The summed E-state index contributed by atoms with van der Waals surface area (Å²) < 4.78 is 0. The van der Waals surface area contributed by atoms with Gasteiger partial charge in [-0.15, -0.1) is 0 Å². The van der Waals surface area contributed by atoms with E-state index < -0.39 is 11.5 Å². The molecule has 1 heterocycles. The molecule has 19 heavy (non-hydrogen) atoms. The lowest BCUT2D eigenvalue weighted by molar-refractivity contribution is -0.148. The molecule has 102 valence electrons. The van der Waals surface area contributed by atoms with Gasteiger partial charge >= 0.3 is 5.97 Å². The number of aliphatic carboxylic acids is 1. The second-order valence-electron chi connectivity index (χ2n) is 4.80. The molecule has 5 nitrogen and oxygen atoms in total. The highest BCUT2D eigenvalue weighted by Gasteiger charge is 2.48. The number of phenolic OH excluding ortho intramolecular Hbond substituents is 1. The minimum absolute atomic E-state index is 0.00229. The van der Waals surface area contributed by atoms with Crippen LogP contribution in [0.2, 0.25) is 0 Å². The second kappa shape index (κ2) is 4.91. The Bertz CT molecular complexity index is 514. The number of phenols is 1. The van der Waals surface area contributed by atoms with Crippen molar-refractivity contribution in [1.29, 1.82) is 0 Å². The fraction of sp³-hybridized carbons (Fsp3) is 0.429. The number of carbonyl (C=O) groups is 2. The van der Waals surface area contributed by atoms with Gasteiger partial charge in [-0.2, -0.15) is 0 Å². The molecule has 0 radical (unpaired) electrons. The van der Waals surface area contributed by atoms with E-state index in [2.05, 4.69) is 0 Å². The van der Waals surface area contributed by atoms with Crippen molar-refractivity contribution in [2.75, 3.05) is 6.54 Å². The number of likely N-dealkylation sites (tertiary alicyclic amines) is 1. The Labute approximate surface area is 111 Å². The molecule has 1 atom stereocenters. The normalized spacial score (nSPS) is 22.5. The summed E-state index contributed by atoms with van der Waals surface area (Å²) in [6, 6.07) is 6.00. The van der Waals surface area contributed by atoms with Gasteiger partial charge in [-0.05, 0) is 37.5 Å². The van der Waals surface area contributed by atoms with Crippen LogP contribution in [0.4, 0.5) is 0 Å². The third-order valence-corrected chi connectivity index (χ3v) is 3.81. The molecule has 2 rings (SSSR count). The van der Waals surface area contributed by atoms with Crippen LogP contribution in [-0.4, -0.2) is 39.1 Å². The van der Waals surface area contributed by atoms with Crippen LogP contribution in [-0.2, 0) is 4.79 Å². The number of aromatic hydroxyl groups is 1. The number of benzene rings is 1. The van der Waals surface area contributed by atoms with Crippen molar-refractivity contribution >= 4 is 11.9 Å². The Hall–Kier alpha value is -2.04. The first-order chi connectivity index (χ1) is 9.01. The molecule has 1 fully saturated rings. The summed E-state index contributed by atoms with van der Waals surface area (Å²) in [5.74, 6) is -1.29. The number of hydrogen-bond acceptors (Lipinski definition) is 3. The summed E-state index contributed by atoms with van der Waals surface area (Å²) in [7, 11) is 0. The lowest BCUT2D eigenvalue weighted by Gasteiger charge is -2.34. The van der Waals surface area contributed by atoms with Crippen LogP contribution in [0, 0.1) is 0 Å². The predicted molar refractivity (Wildman–Crippen MR) is 69.0 cm³/mol. The zero-order valence-corrected chi connectivity index (χ0v) is 10.8. The highest BCUT2D eigenvalue weighted by Crippen LogP contribution is 2.34. The van der Waals surface area contributed by atoms with Gasteiger partial charge in [0.25, 0.3) is 5.91 Å². The average molecular weight is 263 g/mol. The molecule has 2 N–H and O–H groups in total. The van der Waals surface area contributed by atoms with Crippen LogP contribution in [0.5, 0.6) is 5.75 Å². The second-order valence-corrected chi connectivity index (χ2v) is 4.80. The van der Waals surface area contributed by atoms with Crippen molar-refractivity contribution in [3.63, 3.8) is 0 Å². The summed E-state index contributed by atoms with van der Waals surface area (Å²) in [6.45, 7) is 2.22. The monoisotopic (exact) mass is 263 g/mol. The summed E-state index contributed by atoms with van der Waals surface area (Å²) in [6.07, 6.45) is 1.54. The van der Waals surface area contributed by atoms with Crippen LogP contribution in [0.15, 0.2) is 24.3 Å². The van der Waals surface area contributed by atoms with Gasteiger partial charge in [-0.25, -0.2) is 4.79 Å². The van der Waals surface area contributed by atoms with Gasteiger partial charge in [-0.3, -0.25) is 4.79 Å². The van der Waals surface area contributed by atoms with E-state index >= 15 is 0 Å². The van der Waals surface area contributed by atoms with Gasteiger partial charge in [0.2, 0.25) is 0 Å². The van der Waals surface area contributed by atoms with Crippen molar-refractivity contribution in [3.8, 4) is 5.75 Å². The maximum absolute atomic E-state index is 12.4. The summed E-state index contributed by atoms with van der Waals surface area (Å²) in [4.78, 5) is 25.4. The number of carbonyl (C=O) groups excluding carboxylic acids is 1. The highest BCUT2D eigenvalue weighted by atomic mass is 16.4. The van der Waals surface area contributed by atoms with E-state index in [9.17, 15) is 19.8 Å². The maximum Gasteiger partial charge on any atom is 0.329 e. The van der Waals surface area contributed by atoms with Crippen molar-refractivity contribution in [2.24, 2.45) is 0 Å². The van der Waals surface area contributed by atoms with Gasteiger partial charge in [0, 0.05) is 12.1 Å². The lowest BCUT2D eigenvalue weighted by Crippen LogP contribution is -2.52. The van der Waals surface area contributed by atoms with E-state index in [1.165, 1.54) is 17.0 Å². The number of carboxylic acid groups (broad SMARTS) is 1. The minimum atomic E-state index is -1.11. The van der Waals surface area contributed by atoms with E-state index in [-0.39, 0.29) is 11.7 Å². The van der Waals surface area contributed by atoms with Crippen LogP contribution in [0.1, 0.15) is 36.5 Å². The van der Waals surface area contributed by atoms with E-state index in [0.29, 0.717) is 31.4 Å². The number of amides is 1. The summed E-state index contributed by atoms with van der Waals surface area (Å²) in [5, 5.41) is 18.9. The topological polar surface area (TPSA) is 77.8 Å². The van der Waals surface area contributed by atoms with Crippen LogP contribution < -0.4 is 0 Å². The minimum Gasteiger partial charge on any atom is -0.508 e. The van der Waals surface area contributed by atoms with E-state index in [4.69, 9.17) is 0 Å². The Morgan fingerprint density at radius 2 is 2.16 bits per heavy atom. The third-order valence-electron chi connectivity index (χ3n) is 3.81. The van der Waals surface area contributed by atoms with E-state index in [1.807, 2.05) is 0 Å². The molecule has 1 aromatic rings. The van der Waals surface area contributed by atoms with Crippen molar-refractivity contribution < 1.29 is 19.8 Å². The SMILES string of the molecule is CCC1(C(=O)O)CCCN1C(=O)c1cccc(O)c1. The van der Waals surface area contributed by atoms with Crippen LogP contribution in [0.3, 0.4) is 0 Å². The smallest absolute Gasteiger partial charge is 0.329 e. The summed E-state index contributed by atoms with van der Waals surface area (Å²) >= 11 is 0. The van der Waals surface area contributed by atoms with Crippen molar-refractivity contribution in [1.82, 2.24) is 4.90 Å². The Kier molecular flexibility index (Phi) is 3.46.